The molecule has 7 nitrogen and oxygen atoms in total. The molecule has 2 heterocycles. The van der Waals surface area contributed by atoms with Crippen molar-refractivity contribution in [3.05, 3.63) is 36.4 Å². The van der Waals surface area contributed by atoms with Gasteiger partial charge in [-0.1, -0.05) is 6.92 Å². The fourth-order valence-electron chi connectivity index (χ4n) is 2.87. The molecule has 1 fully saturated rings. The van der Waals surface area contributed by atoms with Crippen molar-refractivity contribution in [2.24, 2.45) is 0 Å². The van der Waals surface area contributed by atoms with Crippen molar-refractivity contribution in [2.45, 2.75) is 19.8 Å². The van der Waals surface area contributed by atoms with Crippen molar-refractivity contribution >= 4 is 28.9 Å². The van der Waals surface area contributed by atoms with E-state index in [4.69, 9.17) is 0 Å². The lowest BCUT2D eigenvalue weighted by molar-refractivity contribution is -0.116. The van der Waals surface area contributed by atoms with Crippen molar-refractivity contribution in [1.29, 1.82) is 0 Å². The Morgan fingerprint density at radius 3 is 2.27 bits per heavy atom. The summed E-state index contributed by atoms with van der Waals surface area (Å²) in [7, 11) is 2.16. The molecule has 0 bridgehead atoms. The van der Waals surface area contributed by atoms with E-state index in [1.807, 2.05) is 25.1 Å². The summed E-state index contributed by atoms with van der Waals surface area (Å²) in [5.41, 5.74) is 2.20. The smallest absolute Gasteiger partial charge is 0.225 e. The van der Waals surface area contributed by atoms with Crippen LogP contribution in [0, 0.1) is 0 Å². The van der Waals surface area contributed by atoms with Gasteiger partial charge in [0.15, 0.2) is 11.6 Å². The Hall–Kier alpha value is -2.67. The van der Waals surface area contributed by atoms with Gasteiger partial charge in [0, 0.05) is 44.0 Å². The molecule has 1 aliphatic heterocycles. The van der Waals surface area contributed by atoms with Gasteiger partial charge in [-0.25, -0.2) is 0 Å². The van der Waals surface area contributed by atoms with Crippen molar-refractivity contribution in [1.82, 2.24) is 15.1 Å². The number of rotatable bonds is 6. The summed E-state index contributed by atoms with van der Waals surface area (Å²) in [6, 6.07) is 11.9. The molecule has 2 aromatic rings. The summed E-state index contributed by atoms with van der Waals surface area (Å²) in [4.78, 5) is 16.3. The number of amides is 1. The van der Waals surface area contributed by atoms with Crippen molar-refractivity contribution < 1.29 is 4.79 Å². The minimum absolute atomic E-state index is 0.0398. The average Bonchev–Trinajstić information content (AvgIpc) is 2.65. The van der Waals surface area contributed by atoms with Crippen LogP contribution in [-0.2, 0) is 4.79 Å². The van der Waals surface area contributed by atoms with Crippen LogP contribution in [-0.4, -0.2) is 54.2 Å². The first kappa shape index (κ1) is 18.1. The second kappa shape index (κ2) is 8.62. The van der Waals surface area contributed by atoms with Gasteiger partial charge in [0.1, 0.15) is 0 Å². The van der Waals surface area contributed by atoms with E-state index in [9.17, 15) is 4.79 Å². The molecule has 2 N–H and O–H groups in total. The quantitative estimate of drug-likeness (QED) is 0.831. The van der Waals surface area contributed by atoms with Crippen molar-refractivity contribution in [3.8, 4) is 0 Å². The molecule has 1 aromatic carbocycles. The standard InChI is InChI=1S/C19H26N6O/c1-3-4-19(26)21-18-10-9-17(22-23-18)20-15-5-7-16(8-6-15)25-13-11-24(2)12-14-25/h5-10H,3-4,11-14H2,1-2H3,(H,20,22)(H,21,23,26). The third-order valence-corrected chi connectivity index (χ3v) is 4.42. The number of hydrogen-bond donors (Lipinski definition) is 2. The Kier molecular flexibility index (Phi) is 6.01. The minimum atomic E-state index is -0.0398. The van der Waals surface area contributed by atoms with Crippen molar-refractivity contribution in [2.75, 3.05) is 48.8 Å². The van der Waals surface area contributed by atoms with E-state index in [0.29, 0.717) is 18.1 Å². The summed E-state index contributed by atoms with van der Waals surface area (Å²) in [6.45, 7) is 6.26. The first-order valence-corrected chi connectivity index (χ1v) is 9.08. The van der Waals surface area contributed by atoms with Gasteiger partial charge in [-0.2, -0.15) is 0 Å². The molecular formula is C19H26N6O. The topological polar surface area (TPSA) is 73.4 Å². The van der Waals surface area contributed by atoms with Gasteiger partial charge in [-0.05, 0) is 49.9 Å². The lowest BCUT2D eigenvalue weighted by Gasteiger charge is -2.34. The number of hydrogen-bond acceptors (Lipinski definition) is 6. The first-order chi connectivity index (χ1) is 12.6. The number of carbonyl (C=O) groups excluding carboxylic acids is 1. The molecule has 26 heavy (non-hydrogen) atoms. The molecule has 0 saturated carbocycles. The Bertz CT molecular complexity index is 708. The maximum Gasteiger partial charge on any atom is 0.225 e. The predicted molar refractivity (Wildman–Crippen MR) is 105 cm³/mol. The summed E-state index contributed by atoms with van der Waals surface area (Å²) in [5.74, 6) is 1.08. The van der Waals surface area contributed by atoms with Gasteiger partial charge in [-0.15, -0.1) is 10.2 Å². The molecule has 1 amide bonds. The number of piperazine rings is 1. The molecule has 0 radical (unpaired) electrons. The van der Waals surface area contributed by atoms with Gasteiger partial charge in [-0.3, -0.25) is 4.79 Å². The summed E-state index contributed by atoms with van der Waals surface area (Å²) in [5, 5.41) is 14.1. The molecular weight excluding hydrogens is 328 g/mol. The van der Waals surface area contributed by atoms with Crippen LogP contribution < -0.4 is 15.5 Å². The van der Waals surface area contributed by atoms with Gasteiger partial charge in [0.25, 0.3) is 0 Å². The second-order valence-corrected chi connectivity index (χ2v) is 6.56. The molecule has 138 valence electrons. The van der Waals surface area contributed by atoms with Crippen LogP contribution in [0.2, 0.25) is 0 Å². The molecule has 0 aliphatic carbocycles. The van der Waals surface area contributed by atoms with Crippen LogP contribution in [0.15, 0.2) is 36.4 Å². The monoisotopic (exact) mass is 354 g/mol. The average molecular weight is 354 g/mol. The lowest BCUT2D eigenvalue weighted by Crippen LogP contribution is -2.44. The number of likely N-dealkylation sites (N-methyl/N-ethyl adjacent to an activating group) is 1. The highest BCUT2D eigenvalue weighted by atomic mass is 16.1. The van der Waals surface area contributed by atoms with E-state index in [1.54, 1.807) is 6.07 Å². The summed E-state index contributed by atoms with van der Waals surface area (Å²) in [6.07, 6.45) is 1.30. The Balaban J connectivity index is 1.56. The van der Waals surface area contributed by atoms with E-state index in [1.165, 1.54) is 5.69 Å². The Morgan fingerprint density at radius 2 is 1.65 bits per heavy atom. The van der Waals surface area contributed by atoms with Gasteiger partial charge < -0.3 is 20.4 Å². The number of anilines is 4. The van der Waals surface area contributed by atoms with E-state index < -0.39 is 0 Å². The van der Waals surface area contributed by atoms with Gasteiger partial charge in [0.05, 0.1) is 0 Å². The van der Waals surface area contributed by atoms with Crippen LogP contribution in [0.4, 0.5) is 23.0 Å². The number of nitrogens with one attached hydrogen (secondary N) is 2. The van der Waals surface area contributed by atoms with Crippen LogP contribution >= 0.6 is 0 Å². The SMILES string of the molecule is CCCC(=O)Nc1ccc(Nc2ccc(N3CCN(C)CC3)cc2)nn1. The van der Waals surface area contributed by atoms with Crippen molar-refractivity contribution in [3.63, 3.8) is 0 Å². The van der Waals surface area contributed by atoms with Crippen LogP contribution in [0.25, 0.3) is 0 Å². The highest BCUT2D eigenvalue weighted by Crippen LogP contribution is 2.21. The molecule has 0 spiro atoms. The fourth-order valence-corrected chi connectivity index (χ4v) is 2.87. The molecule has 0 unspecified atom stereocenters. The molecule has 0 atom stereocenters. The third-order valence-electron chi connectivity index (χ3n) is 4.42. The van der Waals surface area contributed by atoms with Crippen LogP contribution in [0.3, 0.4) is 0 Å². The third kappa shape index (κ3) is 4.92. The zero-order valence-electron chi connectivity index (χ0n) is 15.4. The minimum Gasteiger partial charge on any atom is -0.369 e. The second-order valence-electron chi connectivity index (χ2n) is 6.56. The highest BCUT2D eigenvalue weighted by Gasteiger charge is 2.14. The number of aromatic nitrogens is 2. The van der Waals surface area contributed by atoms with E-state index >= 15 is 0 Å². The number of carbonyl (C=O) groups is 1. The highest BCUT2D eigenvalue weighted by molar-refractivity contribution is 5.89. The van der Waals surface area contributed by atoms with E-state index in [0.717, 1.165) is 38.3 Å². The maximum absolute atomic E-state index is 11.6. The fraction of sp³-hybridized carbons (Fsp3) is 0.421. The molecule has 7 heteroatoms. The molecule has 1 saturated heterocycles. The normalized spacial score (nSPS) is 14.9. The molecule has 1 aromatic heterocycles. The largest absolute Gasteiger partial charge is 0.369 e. The first-order valence-electron chi connectivity index (χ1n) is 9.08. The lowest BCUT2D eigenvalue weighted by atomic mass is 10.2. The van der Waals surface area contributed by atoms with E-state index in [-0.39, 0.29) is 5.91 Å². The zero-order chi connectivity index (χ0) is 18.4. The van der Waals surface area contributed by atoms with E-state index in [2.05, 4.69) is 49.8 Å². The maximum atomic E-state index is 11.6. The predicted octanol–water partition coefficient (Wildman–Crippen LogP) is 2.71. The summed E-state index contributed by atoms with van der Waals surface area (Å²) < 4.78 is 0. The zero-order valence-corrected chi connectivity index (χ0v) is 15.4. The summed E-state index contributed by atoms with van der Waals surface area (Å²) >= 11 is 0. The van der Waals surface area contributed by atoms with Crippen LogP contribution in [0.5, 0.6) is 0 Å². The van der Waals surface area contributed by atoms with Gasteiger partial charge >= 0.3 is 0 Å². The van der Waals surface area contributed by atoms with Crippen LogP contribution in [0.1, 0.15) is 19.8 Å². The molecule has 1 aliphatic rings. The Labute approximate surface area is 154 Å². The number of nitrogens with zero attached hydrogens (tertiary/aromatic N) is 4. The number of benzene rings is 1. The Morgan fingerprint density at radius 1 is 1.00 bits per heavy atom. The van der Waals surface area contributed by atoms with Gasteiger partial charge in [0.2, 0.25) is 5.91 Å². The molecule has 3 rings (SSSR count).